The molecule has 0 fully saturated rings. The molecule has 0 aromatic heterocycles. The standard InChI is InChI=1S/C14H10F3O2/c1-18-11-6-8-13(9-7-11)19-12-4-2-10(3-5-12)14(15,16)17/h2-4,6-9H,1H3. The number of ether oxygens (including phenoxy) is 2. The Morgan fingerprint density at radius 3 is 2.05 bits per heavy atom. The summed E-state index contributed by atoms with van der Waals surface area (Å²) in [6.07, 6.45) is -4.37. The van der Waals surface area contributed by atoms with Crippen molar-refractivity contribution < 1.29 is 22.6 Å². The molecule has 2 aromatic carbocycles. The minimum atomic E-state index is -4.37. The van der Waals surface area contributed by atoms with Gasteiger partial charge in [0.05, 0.1) is 12.7 Å². The average molecular weight is 267 g/mol. The predicted molar refractivity (Wildman–Crippen MR) is 63.3 cm³/mol. The fourth-order valence-corrected chi connectivity index (χ4v) is 1.42. The fraction of sp³-hybridized carbons (Fsp3) is 0.143. The van der Waals surface area contributed by atoms with Crippen LogP contribution in [0.5, 0.6) is 17.2 Å². The first-order valence-corrected chi connectivity index (χ1v) is 5.40. The highest BCUT2D eigenvalue weighted by Gasteiger charge is 2.30. The lowest BCUT2D eigenvalue weighted by Gasteiger charge is -2.09. The van der Waals surface area contributed by atoms with Gasteiger partial charge in [-0.15, -0.1) is 0 Å². The fourth-order valence-electron chi connectivity index (χ4n) is 1.42. The van der Waals surface area contributed by atoms with E-state index in [0.29, 0.717) is 11.5 Å². The third-order valence-corrected chi connectivity index (χ3v) is 2.40. The van der Waals surface area contributed by atoms with Crippen LogP contribution in [0.2, 0.25) is 0 Å². The first kappa shape index (κ1) is 13.3. The molecular weight excluding hydrogens is 257 g/mol. The van der Waals surface area contributed by atoms with Gasteiger partial charge < -0.3 is 9.47 Å². The van der Waals surface area contributed by atoms with Crippen LogP contribution >= 0.6 is 0 Å². The van der Waals surface area contributed by atoms with E-state index in [-0.39, 0.29) is 5.75 Å². The molecule has 0 N–H and O–H groups in total. The third kappa shape index (κ3) is 3.40. The van der Waals surface area contributed by atoms with Crippen LogP contribution in [0.25, 0.3) is 0 Å². The molecule has 19 heavy (non-hydrogen) atoms. The van der Waals surface area contributed by atoms with Gasteiger partial charge in [0.2, 0.25) is 0 Å². The second-order valence-corrected chi connectivity index (χ2v) is 3.72. The van der Waals surface area contributed by atoms with Gasteiger partial charge in [0.15, 0.2) is 0 Å². The topological polar surface area (TPSA) is 18.5 Å². The van der Waals surface area contributed by atoms with Crippen molar-refractivity contribution in [3.8, 4) is 17.2 Å². The maximum atomic E-state index is 12.4. The second kappa shape index (κ2) is 5.22. The van der Waals surface area contributed by atoms with Crippen LogP contribution in [0, 0.1) is 6.07 Å². The van der Waals surface area contributed by atoms with E-state index in [9.17, 15) is 13.2 Å². The molecule has 0 aliphatic heterocycles. The lowest BCUT2D eigenvalue weighted by atomic mass is 10.2. The Balaban J connectivity index is 2.10. The van der Waals surface area contributed by atoms with Crippen molar-refractivity contribution >= 4 is 0 Å². The van der Waals surface area contributed by atoms with E-state index in [1.54, 1.807) is 31.4 Å². The Hall–Kier alpha value is -2.17. The summed E-state index contributed by atoms with van der Waals surface area (Å²) < 4.78 is 47.4. The zero-order valence-corrected chi connectivity index (χ0v) is 9.99. The number of alkyl halides is 3. The molecule has 0 bridgehead atoms. The normalized spacial score (nSPS) is 11.2. The van der Waals surface area contributed by atoms with Crippen molar-refractivity contribution in [3.05, 3.63) is 54.1 Å². The summed E-state index contributed by atoms with van der Waals surface area (Å²) in [5.74, 6) is 1.39. The SMILES string of the molecule is COc1ccc(Oc2[c]cc(C(F)(F)F)cc2)cc1. The van der Waals surface area contributed by atoms with Crippen LogP contribution in [0.15, 0.2) is 42.5 Å². The molecule has 2 rings (SSSR count). The molecule has 1 radical (unpaired) electrons. The Labute approximate surface area is 108 Å². The van der Waals surface area contributed by atoms with Gasteiger partial charge >= 0.3 is 6.18 Å². The molecule has 99 valence electrons. The van der Waals surface area contributed by atoms with Gasteiger partial charge in [-0.3, -0.25) is 0 Å². The highest BCUT2D eigenvalue weighted by Crippen LogP contribution is 2.31. The Morgan fingerprint density at radius 1 is 0.947 bits per heavy atom. The van der Waals surface area contributed by atoms with Crippen molar-refractivity contribution in [2.75, 3.05) is 7.11 Å². The molecule has 0 heterocycles. The summed E-state index contributed by atoms with van der Waals surface area (Å²) in [5.41, 5.74) is -0.755. The summed E-state index contributed by atoms with van der Waals surface area (Å²) in [5, 5.41) is 0. The number of hydrogen-bond acceptors (Lipinski definition) is 2. The van der Waals surface area contributed by atoms with E-state index >= 15 is 0 Å². The lowest BCUT2D eigenvalue weighted by Crippen LogP contribution is -2.04. The Kier molecular flexibility index (Phi) is 3.64. The molecule has 0 unspecified atom stereocenters. The first-order valence-electron chi connectivity index (χ1n) is 5.40. The largest absolute Gasteiger partial charge is 0.497 e. The molecule has 0 spiro atoms. The van der Waals surface area contributed by atoms with Crippen molar-refractivity contribution in [2.45, 2.75) is 6.18 Å². The molecule has 2 aromatic rings. The summed E-state index contributed by atoms with van der Waals surface area (Å²) in [6, 6.07) is 12.2. The highest BCUT2D eigenvalue weighted by atomic mass is 19.4. The minimum Gasteiger partial charge on any atom is -0.497 e. The molecule has 5 heteroatoms. The van der Waals surface area contributed by atoms with Crippen LogP contribution in [-0.2, 0) is 6.18 Å². The van der Waals surface area contributed by atoms with E-state index in [2.05, 4.69) is 6.07 Å². The number of halogens is 3. The van der Waals surface area contributed by atoms with Gasteiger partial charge in [-0.2, -0.15) is 13.2 Å². The first-order chi connectivity index (χ1) is 8.99. The molecule has 0 aliphatic carbocycles. The summed E-state index contributed by atoms with van der Waals surface area (Å²) in [4.78, 5) is 0. The van der Waals surface area contributed by atoms with Crippen LogP contribution in [0.3, 0.4) is 0 Å². The van der Waals surface area contributed by atoms with E-state index in [0.717, 1.165) is 12.1 Å². The second-order valence-electron chi connectivity index (χ2n) is 3.72. The maximum absolute atomic E-state index is 12.4. The van der Waals surface area contributed by atoms with Crippen molar-refractivity contribution in [1.82, 2.24) is 0 Å². The van der Waals surface area contributed by atoms with Gasteiger partial charge in [0.1, 0.15) is 17.2 Å². The Morgan fingerprint density at radius 2 is 1.58 bits per heavy atom. The third-order valence-electron chi connectivity index (χ3n) is 2.40. The lowest BCUT2D eigenvalue weighted by molar-refractivity contribution is -0.137. The van der Waals surface area contributed by atoms with Crippen LogP contribution in [0.1, 0.15) is 5.56 Å². The molecule has 2 nitrogen and oxygen atoms in total. The Bertz CT molecular complexity index is 530. The van der Waals surface area contributed by atoms with E-state index in [1.807, 2.05) is 0 Å². The molecule has 0 amide bonds. The highest BCUT2D eigenvalue weighted by molar-refractivity contribution is 5.36. The number of benzene rings is 2. The number of hydrogen-bond donors (Lipinski definition) is 0. The van der Waals surface area contributed by atoms with E-state index < -0.39 is 11.7 Å². The van der Waals surface area contributed by atoms with Crippen LogP contribution in [-0.4, -0.2) is 7.11 Å². The molecule has 0 atom stereocenters. The van der Waals surface area contributed by atoms with Gasteiger partial charge in [0.25, 0.3) is 0 Å². The quantitative estimate of drug-likeness (QED) is 0.825. The average Bonchev–Trinajstić information content (AvgIpc) is 2.39. The van der Waals surface area contributed by atoms with Gasteiger partial charge in [0, 0.05) is 6.07 Å². The van der Waals surface area contributed by atoms with Crippen LogP contribution < -0.4 is 9.47 Å². The van der Waals surface area contributed by atoms with Gasteiger partial charge in [-0.25, -0.2) is 0 Å². The monoisotopic (exact) mass is 267 g/mol. The van der Waals surface area contributed by atoms with Crippen molar-refractivity contribution in [2.24, 2.45) is 0 Å². The number of methoxy groups -OCH3 is 1. The predicted octanol–water partition coefficient (Wildman–Crippen LogP) is 4.31. The number of rotatable bonds is 3. The molecular formula is C14H10F3O2. The molecule has 0 saturated carbocycles. The van der Waals surface area contributed by atoms with Crippen molar-refractivity contribution in [3.63, 3.8) is 0 Å². The van der Waals surface area contributed by atoms with E-state index in [1.165, 1.54) is 6.07 Å². The maximum Gasteiger partial charge on any atom is 0.416 e. The zero-order valence-electron chi connectivity index (χ0n) is 9.99. The molecule has 0 saturated heterocycles. The minimum absolute atomic E-state index is 0.221. The zero-order chi connectivity index (χ0) is 13.9. The van der Waals surface area contributed by atoms with Gasteiger partial charge in [-0.05, 0) is 42.5 Å². The summed E-state index contributed by atoms with van der Waals surface area (Å²) in [6.45, 7) is 0. The van der Waals surface area contributed by atoms with Crippen LogP contribution in [0.4, 0.5) is 13.2 Å². The summed E-state index contributed by atoms with van der Waals surface area (Å²) >= 11 is 0. The molecule has 0 aliphatic rings. The van der Waals surface area contributed by atoms with E-state index in [4.69, 9.17) is 9.47 Å². The van der Waals surface area contributed by atoms with Gasteiger partial charge in [-0.1, -0.05) is 0 Å². The van der Waals surface area contributed by atoms with Crippen molar-refractivity contribution in [1.29, 1.82) is 0 Å². The smallest absolute Gasteiger partial charge is 0.416 e. The summed E-state index contributed by atoms with van der Waals surface area (Å²) in [7, 11) is 1.54.